The fraction of sp³-hybridized carbons (Fsp3) is 0.333. The van der Waals surface area contributed by atoms with E-state index in [-0.39, 0.29) is 23.9 Å². The van der Waals surface area contributed by atoms with E-state index in [0.717, 1.165) is 36.3 Å². The number of carbonyl (C=O) groups excluding carboxylic acids is 2. The van der Waals surface area contributed by atoms with E-state index in [0.29, 0.717) is 5.56 Å². The van der Waals surface area contributed by atoms with Gasteiger partial charge in [0.1, 0.15) is 6.04 Å². The van der Waals surface area contributed by atoms with Crippen molar-refractivity contribution in [2.45, 2.75) is 31.8 Å². The van der Waals surface area contributed by atoms with Crippen LogP contribution in [-0.4, -0.2) is 36.3 Å². The first kappa shape index (κ1) is 16.6. The van der Waals surface area contributed by atoms with Gasteiger partial charge in [-0.25, -0.2) is 0 Å². The number of amides is 2. The Kier molecular flexibility index (Phi) is 4.15. The van der Waals surface area contributed by atoms with E-state index in [1.807, 2.05) is 56.4 Å². The zero-order valence-corrected chi connectivity index (χ0v) is 15.1. The lowest BCUT2D eigenvalue weighted by atomic mass is 10.0. The molecule has 1 saturated heterocycles. The topological polar surface area (TPSA) is 52.7 Å². The third-order valence-corrected chi connectivity index (χ3v) is 5.55. The highest BCUT2D eigenvalue weighted by Crippen LogP contribution is 2.37. The van der Waals surface area contributed by atoms with E-state index < -0.39 is 0 Å². The molecular formula is C21H23N3O2. The fourth-order valence-corrected chi connectivity index (χ4v) is 3.90. The molecule has 2 aromatic rings. The molecule has 4 rings (SSSR count). The highest BCUT2D eigenvalue weighted by molar-refractivity contribution is 6.06. The highest BCUT2D eigenvalue weighted by atomic mass is 16.2. The van der Waals surface area contributed by atoms with Crippen LogP contribution in [0.5, 0.6) is 0 Å². The Morgan fingerprint density at radius 2 is 2.00 bits per heavy atom. The van der Waals surface area contributed by atoms with Crippen molar-refractivity contribution in [1.82, 2.24) is 4.90 Å². The van der Waals surface area contributed by atoms with Crippen LogP contribution in [0.4, 0.5) is 11.4 Å². The normalized spacial score (nSPS) is 19.4. The number of carbonyl (C=O) groups is 2. The van der Waals surface area contributed by atoms with Gasteiger partial charge in [-0.2, -0.15) is 0 Å². The molecule has 1 N–H and O–H groups in total. The van der Waals surface area contributed by atoms with Crippen LogP contribution in [0, 0.1) is 0 Å². The Hall–Kier alpha value is -2.82. The van der Waals surface area contributed by atoms with Crippen molar-refractivity contribution >= 4 is 23.2 Å². The van der Waals surface area contributed by atoms with Crippen LogP contribution < -0.4 is 10.2 Å². The summed E-state index contributed by atoms with van der Waals surface area (Å²) in [5, 5.41) is 2.98. The molecule has 5 heteroatoms. The van der Waals surface area contributed by atoms with Crippen LogP contribution in [0.15, 0.2) is 48.5 Å². The first-order valence-corrected chi connectivity index (χ1v) is 9.10. The van der Waals surface area contributed by atoms with Crippen molar-refractivity contribution in [1.29, 1.82) is 0 Å². The minimum absolute atomic E-state index is 0.0303. The largest absolute Gasteiger partial charge is 0.358 e. The smallest absolute Gasteiger partial charge is 0.254 e. The summed E-state index contributed by atoms with van der Waals surface area (Å²) in [6.45, 7) is 2.91. The molecule has 0 radical (unpaired) electrons. The molecule has 0 saturated carbocycles. The second kappa shape index (κ2) is 6.48. The molecule has 5 nitrogen and oxygen atoms in total. The zero-order chi connectivity index (χ0) is 18.3. The van der Waals surface area contributed by atoms with Crippen molar-refractivity contribution in [2.24, 2.45) is 0 Å². The van der Waals surface area contributed by atoms with Gasteiger partial charge >= 0.3 is 0 Å². The molecule has 134 valence electrons. The number of nitrogens with zero attached hydrogens (tertiary/aromatic N) is 2. The van der Waals surface area contributed by atoms with E-state index in [1.165, 1.54) is 0 Å². The molecule has 0 aromatic heterocycles. The molecule has 0 bridgehead atoms. The average molecular weight is 349 g/mol. The van der Waals surface area contributed by atoms with Gasteiger partial charge in [0.2, 0.25) is 5.91 Å². The number of rotatable bonds is 3. The van der Waals surface area contributed by atoms with Crippen molar-refractivity contribution in [3.05, 3.63) is 59.7 Å². The standard InChI is InChI=1S/C21H23N3O2/c1-14(15-7-4-3-5-8-15)23(2)21(26)16-10-11-18-17(13-16)22-20(25)19-9-6-12-24(18)19/h3-5,7-8,10-11,13-14,19H,6,9,12H2,1-2H3,(H,22,25)/t14-,19-/m0/s1. The van der Waals surface area contributed by atoms with Crippen molar-refractivity contribution in [3.63, 3.8) is 0 Å². The van der Waals surface area contributed by atoms with Gasteiger partial charge < -0.3 is 15.1 Å². The van der Waals surface area contributed by atoms with Gasteiger partial charge in [-0.15, -0.1) is 0 Å². The molecule has 26 heavy (non-hydrogen) atoms. The summed E-state index contributed by atoms with van der Waals surface area (Å²) in [6, 6.07) is 15.5. The molecule has 1 fully saturated rings. The first-order chi connectivity index (χ1) is 12.6. The molecule has 0 spiro atoms. The van der Waals surface area contributed by atoms with E-state index in [4.69, 9.17) is 0 Å². The van der Waals surface area contributed by atoms with Crippen LogP contribution >= 0.6 is 0 Å². The summed E-state index contributed by atoms with van der Waals surface area (Å²) in [4.78, 5) is 29.1. The monoisotopic (exact) mass is 349 g/mol. The summed E-state index contributed by atoms with van der Waals surface area (Å²) >= 11 is 0. The first-order valence-electron chi connectivity index (χ1n) is 9.10. The van der Waals surface area contributed by atoms with Crippen LogP contribution in [0.3, 0.4) is 0 Å². The Morgan fingerprint density at radius 3 is 2.77 bits per heavy atom. The van der Waals surface area contributed by atoms with Crippen LogP contribution in [0.2, 0.25) is 0 Å². The van der Waals surface area contributed by atoms with Crippen LogP contribution in [0.25, 0.3) is 0 Å². The van der Waals surface area contributed by atoms with Gasteiger partial charge in [-0.1, -0.05) is 30.3 Å². The predicted octanol–water partition coefficient (Wildman–Crippen LogP) is 3.44. The zero-order valence-electron chi connectivity index (χ0n) is 15.1. The summed E-state index contributed by atoms with van der Waals surface area (Å²) in [6.07, 6.45) is 1.92. The van der Waals surface area contributed by atoms with Gasteiger partial charge in [-0.3, -0.25) is 9.59 Å². The molecule has 0 aliphatic carbocycles. The second-order valence-electron chi connectivity index (χ2n) is 7.08. The molecule has 2 aromatic carbocycles. The summed E-state index contributed by atoms with van der Waals surface area (Å²) in [5.74, 6) is -0.0208. The van der Waals surface area contributed by atoms with E-state index in [9.17, 15) is 9.59 Å². The Balaban J connectivity index is 1.59. The summed E-state index contributed by atoms with van der Waals surface area (Å²) in [7, 11) is 1.81. The van der Waals surface area contributed by atoms with Crippen LogP contribution in [-0.2, 0) is 4.79 Å². The van der Waals surface area contributed by atoms with E-state index in [1.54, 1.807) is 11.0 Å². The SMILES string of the molecule is C[C@@H](c1ccccc1)N(C)C(=O)c1ccc2c(c1)NC(=O)[C@@H]1CCCN21. The Labute approximate surface area is 153 Å². The number of benzene rings is 2. The highest BCUT2D eigenvalue weighted by Gasteiger charge is 2.36. The van der Waals surface area contributed by atoms with Crippen LogP contribution in [0.1, 0.15) is 41.7 Å². The predicted molar refractivity (Wildman–Crippen MR) is 102 cm³/mol. The van der Waals surface area contributed by atoms with Gasteiger partial charge in [0.15, 0.2) is 0 Å². The van der Waals surface area contributed by atoms with Crippen molar-refractivity contribution in [3.8, 4) is 0 Å². The lowest BCUT2D eigenvalue weighted by Crippen LogP contribution is -2.44. The second-order valence-corrected chi connectivity index (χ2v) is 7.08. The number of fused-ring (bicyclic) bond motifs is 3. The number of nitrogens with one attached hydrogen (secondary N) is 1. The summed E-state index contributed by atoms with van der Waals surface area (Å²) < 4.78 is 0. The fourth-order valence-electron chi connectivity index (χ4n) is 3.90. The summed E-state index contributed by atoms with van der Waals surface area (Å²) in [5.41, 5.74) is 3.43. The number of hydrogen-bond donors (Lipinski definition) is 1. The maximum atomic E-state index is 13.0. The average Bonchev–Trinajstić information content (AvgIpc) is 3.17. The maximum Gasteiger partial charge on any atom is 0.254 e. The molecule has 2 atom stereocenters. The van der Waals surface area contributed by atoms with Gasteiger partial charge in [0.05, 0.1) is 17.4 Å². The van der Waals surface area contributed by atoms with Crippen molar-refractivity contribution in [2.75, 3.05) is 23.8 Å². The molecule has 2 aliphatic rings. The molecule has 2 amide bonds. The minimum atomic E-state index is -0.0650. The minimum Gasteiger partial charge on any atom is -0.358 e. The lowest BCUT2D eigenvalue weighted by molar-refractivity contribution is -0.117. The van der Waals surface area contributed by atoms with E-state index >= 15 is 0 Å². The Morgan fingerprint density at radius 1 is 1.23 bits per heavy atom. The number of anilines is 2. The molecule has 2 aliphatic heterocycles. The third-order valence-electron chi connectivity index (χ3n) is 5.55. The van der Waals surface area contributed by atoms with Gasteiger partial charge in [0.25, 0.3) is 5.91 Å². The van der Waals surface area contributed by atoms with Gasteiger partial charge in [0, 0.05) is 19.2 Å². The van der Waals surface area contributed by atoms with Crippen molar-refractivity contribution < 1.29 is 9.59 Å². The molecule has 0 unspecified atom stereocenters. The lowest BCUT2D eigenvalue weighted by Gasteiger charge is -2.33. The molecule has 2 heterocycles. The third kappa shape index (κ3) is 2.73. The van der Waals surface area contributed by atoms with E-state index in [2.05, 4.69) is 10.2 Å². The van der Waals surface area contributed by atoms with Gasteiger partial charge in [-0.05, 0) is 43.5 Å². The maximum absolute atomic E-state index is 13.0. The quantitative estimate of drug-likeness (QED) is 0.923. The molecular weight excluding hydrogens is 326 g/mol. The number of hydrogen-bond acceptors (Lipinski definition) is 3. The Bertz CT molecular complexity index is 850.